The fourth-order valence-electron chi connectivity index (χ4n) is 1.63. The van der Waals surface area contributed by atoms with Gasteiger partial charge in [0.1, 0.15) is 0 Å². The number of ether oxygens (including phenoxy) is 1. The van der Waals surface area contributed by atoms with Gasteiger partial charge in [-0.25, -0.2) is 0 Å². The summed E-state index contributed by atoms with van der Waals surface area (Å²) in [7, 11) is 0. The zero-order chi connectivity index (χ0) is 14.0. The van der Waals surface area contributed by atoms with E-state index in [9.17, 15) is 4.79 Å². The van der Waals surface area contributed by atoms with Crippen LogP contribution >= 0.6 is 0 Å². The minimum absolute atomic E-state index is 0.0462. The third-order valence-corrected chi connectivity index (χ3v) is 2.45. The summed E-state index contributed by atoms with van der Waals surface area (Å²) in [4.78, 5) is 15.6. The molecule has 2 rings (SSSR count). The highest BCUT2D eigenvalue weighted by molar-refractivity contribution is 5.77. The molecule has 2 atom stereocenters. The maximum atomic E-state index is 11.3. The van der Waals surface area contributed by atoms with E-state index in [1.807, 2.05) is 52.8 Å². The van der Waals surface area contributed by atoms with Gasteiger partial charge in [0.05, 0.1) is 12.5 Å². The van der Waals surface area contributed by atoms with Crippen LogP contribution in [0.15, 0.2) is 24.4 Å². The molecule has 0 unspecified atom stereocenters. The van der Waals surface area contributed by atoms with Gasteiger partial charge in [-0.3, -0.25) is 9.78 Å². The molecule has 0 bridgehead atoms. The van der Waals surface area contributed by atoms with Gasteiger partial charge in [0.25, 0.3) is 0 Å². The normalized spacial score (nSPS) is 19.6. The lowest BCUT2D eigenvalue weighted by molar-refractivity contribution is -0.144. The van der Waals surface area contributed by atoms with Crippen LogP contribution in [0.1, 0.15) is 52.7 Å². The first-order valence-electron chi connectivity index (χ1n) is 6.90. The molecule has 1 fully saturated rings. The van der Waals surface area contributed by atoms with E-state index in [0.29, 0.717) is 6.61 Å². The van der Waals surface area contributed by atoms with E-state index in [0.717, 1.165) is 12.1 Å². The number of hydrogen-bond donors (Lipinski definition) is 0. The minimum Gasteiger partial charge on any atom is -0.466 e. The Labute approximate surface area is 111 Å². The third kappa shape index (κ3) is 4.86. The molecule has 0 spiro atoms. The highest BCUT2D eigenvalue weighted by Crippen LogP contribution is 2.47. The van der Waals surface area contributed by atoms with Crippen LogP contribution in [0.4, 0.5) is 0 Å². The summed E-state index contributed by atoms with van der Waals surface area (Å²) in [6.07, 6.45) is 2.64. The molecule has 0 saturated heterocycles. The lowest BCUT2D eigenvalue weighted by Crippen LogP contribution is -2.07. The van der Waals surface area contributed by atoms with Crippen molar-refractivity contribution in [3.8, 4) is 0 Å². The second-order valence-electron chi connectivity index (χ2n) is 3.46. The number of aromatic nitrogens is 1. The van der Waals surface area contributed by atoms with Gasteiger partial charge in [-0.2, -0.15) is 0 Å². The molecule has 1 aliphatic rings. The fourth-order valence-corrected chi connectivity index (χ4v) is 1.63. The van der Waals surface area contributed by atoms with Crippen LogP contribution in [-0.4, -0.2) is 17.6 Å². The predicted molar refractivity (Wildman–Crippen MR) is 74.4 cm³/mol. The Morgan fingerprint density at radius 1 is 1.33 bits per heavy atom. The molecule has 1 aliphatic carbocycles. The molecule has 0 N–H and O–H groups in total. The Bertz CT molecular complexity index is 325. The molecule has 18 heavy (non-hydrogen) atoms. The van der Waals surface area contributed by atoms with Crippen molar-refractivity contribution in [3.05, 3.63) is 30.1 Å². The molecule has 1 saturated carbocycles. The monoisotopic (exact) mass is 251 g/mol. The number of hydrogen-bond acceptors (Lipinski definition) is 3. The molecule has 0 radical (unpaired) electrons. The van der Waals surface area contributed by atoms with Crippen molar-refractivity contribution in [1.82, 2.24) is 4.98 Å². The molecular weight excluding hydrogens is 226 g/mol. The van der Waals surface area contributed by atoms with Gasteiger partial charge in [-0.05, 0) is 25.5 Å². The molecule has 0 amide bonds. The van der Waals surface area contributed by atoms with Crippen molar-refractivity contribution in [2.24, 2.45) is 5.92 Å². The number of carbonyl (C=O) groups excluding carboxylic acids is 1. The van der Waals surface area contributed by atoms with Crippen LogP contribution < -0.4 is 0 Å². The van der Waals surface area contributed by atoms with Crippen LogP contribution in [0.3, 0.4) is 0 Å². The van der Waals surface area contributed by atoms with E-state index in [-0.39, 0.29) is 17.8 Å². The Kier molecular flexibility index (Phi) is 8.89. The van der Waals surface area contributed by atoms with Crippen LogP contribution in [-0.2, 0) is 9.53 Å². The van der Waals surface area contributed by atoms with Crippen molar-refractivity contribution in [1.29, 1.82) is 0 Å². The second kappa shape index (κ2) is 9.63. The SMILES string of the molecule is CC.CC.CCOC(=O)[C@H]1C[C@H]1c1ccccn1. The lowest BCUT2D eigenvalue weighted by Gasteiger charge is -2.00. The second-order valence-corrected chi connectivity index (χ2v) is 3.46. The van der Waals surface area contributed by atoms with E-state index in [2.05, 4.69) is 4.98 Å². The van der Waals surface area contributed by atoms with Gasteiger partial charge >= 0.3 is 5.97 Å². The average Bonchev–Trinajstić information content (AvgIpc) is 3.25. The van der Waals surface area contributed by atoms with Crippen LogP contribution in [0.2, 0.25) is 0 Å². The number of carbonyl (C=O) groups is 1. The summed E-state index contributed by atoms with van der Waals surface area (Å²) in [6, 6.07) is 5.79. The molecular formula is C15H25NO2. The molecule has 1 heterocycles. The molecule has 3 nitrogen and oxygen atoms in total. The van der Waals surface area contributed by atoms with Crippen molar-refractivity contribution < 1.29 is 9.53 Å². The maximum Gasteiger partial charge on any atom is 0.309 e. The summed E-state index contributed by atoms with van der Waals surface area (Å²) in [6.45, 7) is 10.3. The first-order valence-corrected chi connectivity index (χ1v) is 6.90. The highest BCUT2D eigenvalue weighted by atomic mass is 16.5. The van der Waals surface area contributed by atoms with E-state index in [4.69, 9.17) is 4.74 Å². The van der Waals surface area contributed by atoms with E-state index in [1.165, 1.54) is 0 Å². The van der Waals surface area contributed by atoms with Crippen molar-refractivity contribution >= 4 is 5.97 Å². The minimum atomic E-state index is -0.0804. The fraction of sp³-hybridized carbons (Fsp3) is 0.600. The maximum absolute atomic E-state index is 11.3. The zero-order valence-corrected chi connectivity index (χ0v) is 12.1. The molecule has 0 aliphatic heterocycles. The molecule has 1 aromatic rings. The third-order valence-electron chi connectivity index (χ3n) is 2.45. The van der Waals surface area contributed by atoms with Gasteiger partial charge in [0, 0.05) is 17.8 Å². The van der Waals surface area contributed by atoms with E-state index >= 15 is 0 Å². The lowest BCUT2D eigenvalue weighted by atomic mass is 10.2. The number of rotatable bonds is 3. The average molecular weight is 251 g/mol. The van der Waals surface area contributed by atoms with E-state index in [1.54, 1.807) is 6.20 Å². The molecule has 0 aromatic carbocycles. The van der Waals surface area contributed by atoms with Gasteiger partial charge in [-0.1, -0.05) is 33.8 Å². The summed E-state index contributed by atoms with van der Waals surface area (Å²) in [5.41, 5.74) is 1.01. The topological polar surface area (TPSA) is 39.2 Å². The first kappa shape index (κ1) is 16.6. The van der Waals surface area contributed by atoms with Crippen LogP contribution in [0.5, 0.6) is 0 Å². The Morgan fingerprint density at radius 2 is 2.00 bits per heavy atom. The summed E-state index contributed by atoms with van der Waals surface area (Å²) in [5, 5.41) is 0. The van der Waals surface area contributed by atoms with Crippen LogP contribution in [0, 0.1) is 5.92 Å². The molecule has 1 aromatic heterocycles. The Balaban J connectivity index is 0.000000659. The zero-order valence-electron chi connectivity index (χ0n) is 12.1. The summed E-state index contributed by atoms with van der Waals surface area (Å²) in [5.74, 6) is 0.253. The van der Waals surface area contributed by atoms with Gasteiger partial charge in [0.2, 0.25) is 0 Å². The largest absolute Gasteiger partial charge is 0.466 e. The summed E-state index contributed by atoms with van der Waals surface area (Å²) < 4.78 is 4.95. The van der Waals surface area contributed by atoms with Crippen LogP contribution in [0.25, 0.3) is 0 Å². The quantitative estimate of drug-likeness (QED) is 0.767. The van der Waals surface area contributed by atoms with E-state index < -0.39 is 0 Å². The number of pyridine rings is 1. The highest BCUT2D eigenvalue weighted by Gasteiger charge is 2.45. The van der Waals surface area contributed by atoms with Gasteiger partial charge in [0.15, 0.2) is 0 Å². The number of esters is 1. The predicted octanol–water partition coefficient (Wildman–Crippen LogP) is 3.80. The van der Waals surface area contributed by atoms with Gasteiger partial charge in [-0.15, -0.1) is 0 Å². The number of nitrogens with zero attached hydrogens (tertiary/aromatic N) is 1. The smallest absolute Gasteiger partial charge is 0.309 e. The molecule has 102 valence electrons. The van der Waals surface area contributed by atoms with Gasteiger partial charge < -0.3 is 4.74 Å². The first-order chi connectivity index (χ1) is 8.83. The Hall–Kier alpha value is -1.38. The Morgan fingerprint density at radius 3 is 2.50 bits per heavy atom. The molecule has 3 heteroatoms. The summed E-state index contributed by atoms with van der Waals surface area (Å²) >= 11 is 0. The van der Waals surface area contributed by atoms with Crippen molar-refractivity contribution in [2.45, 2.75) is 47.0 Å². The standard InChI is InChI=1S/C11H13NO2.2C2H6/c1-2-14-11(13)9-7-8(9)10-5-3-4-6-12-10;2*1-2/h3-6,8-9H,2,7H2,1H3;2*1-2H3/t8-,9+;;/m1../s1. The van der Waals surface area contributed by atoms with Crippen molar-refractivity contribution in [2.75, 3.05) is 6.61 Å². The van der Waals surface area contributed by atoms with Crippen molar-refractivity contribution in [3.63, 3.8) is 0 Å².